The fraction of sp³-hybridized carbons (Fsp3) is 0.222. The first-order valence-corrected chi connectivity index (χ1v) is 9.58. The molecular weight excluding hydrogens is 440 g/mol. The molecule has 0 bridgehead atoms. The van der Waals surface area contributed by atoms with Crippen LogP contribution in [-0.4, -0.2) is 57.0 Å². The fourth-order valence-corrected chi connectivity index (χ4v) is 4.50. The van der Waals surface area contributed by atoms with Gasteiger partial charge in [-0.2, -0.15) is 0 Å². The summed E-state index contributed by atoms with van der Waals surface area (Å²) >= 11 is -1.76. The summed E-state index contributed by atoms with van der Waals surface area (Å²) in [5.41, 5.74) is 0.578. The van der Waals surface area contributed by atoms with Gasteiger partial charge < -0.3 is 0 Å². The standard InChI is InChI=1S/C18H18O6Te/c1-21-11-7-5-8-12(22-2)15(11)17(19)25-18(20)16-13(23-3)9-6-10-14(16)24-4/h5-10H,1-4H3. The number of rotatable bonds is 8. The van der Waals surface area contributed by atoms with Gasteiger partial charge in [0, 0.05) is 0 Å². The summed E-state index contributed by atoms with van der Waals surface area (Å²) in [5, 5.41) is 0. The van der Waals surface area contributed by atoms with Crippen molar-refractivity contribution >= 4 is 28.6 Å². The van der Waals surface area contributed by atoms with Crippen LogP contribution < -0.4 is 18.9 Å². The molecule has 0 fully saturated rings. The molecule has 0 saturated heterocycles. The number of methoxy groups -OCH3 is 4. The van der Waals surface area contributed by atoms with E-state index in [1.807, 2.05) is 0 Å². The van der Waals surface area contributed by atoms with E-state index in [-0.39, 0.29) is 18.8 Å². The van der Waals surface area contributed by atoms with Gasteiger partial charge in [0.1, 0.15) is 0 Å². The van der Waals surface area contributed by atoms with E-state index in [0.29, 0.717) is 23.0 Å². The van der Waals surface area contributed by atoms with Gasteiger partial charge in [0.2, 0.25) is 0 Å². The summed E-state index contributed by atoms with van der Waals surface area (Å²) in [7, 11) is 5.88. The normalized spacial score (nSPS) is 10.1. The van der Waals surface area contributed by atoms with E-state index >= 15 is 0 Å². The van der Waals surface area contributed by atoms with Crippen LogP contribution in [0.3, 0.4) is 0 Å². The van der Waals surface area contributed by atoms with Crippen LogP contribution in [0.5, 0.6) is 23.0 Å². The summed E-state index contributed by atoms with van der Waals surface area (Å²) in [5.74, 6) is 1.53. The third-order valence-corrected chi connectivity index (χ3v) is 5.67. The Morgan fingerprint density at radius 2 is 0.920 bits per heavy atom. The zero-order chi connectivity index (χ0) is 18.4. The Bertz CT molecular complexity index is 677. The molecule has 0 heterocycles. The first kappa shape index (κ1) is 19.1. The molecule has 0 unspecified atom stereocenters. The zero-order valence-corrected chi connectivity index (χ0v) is 16.7. The van der Waals surface area contributed by atoms with Gasteiger partial charge in [0.05, 0.1) is 0 Å². The van der Waals surface area contributed by atoms with Crippen LogP contribution in [0, 0.1) is 0 Å². The quantitative estimate of drug-likeness (QED) is 0.567. The first-order chi connectivity index (χ1) is 12.1. The van der Waals surface area contributed by atoms with Gasteiger partial charge in [-0.1, -0.05) is 0 Å². The summed E-state index contributed by atoms with van der Waals surface area (Å²) in [4.78, 5) is 25.6. The van der Waals surface area contributed by atoms with Crippen LogP contribution >= 0.6 is 0 Å². The van der Waals surface area contributed by atoms with Crippen molar-refractivity contribution in [1.82, 2.24) is 0 Å². The SMILES string of the molecule is COc1cccc(OC)c1C(=O)[Te]C(=O)c1c(OC)cccc1OC. The molecule has 0 aliphatic rings. The molecule has 0 spiro atoms. The van der Waals surface area contributed by atoms with Crippen LogP contribution in [0.15, 0.2) is 36.4 Å². The van der Waals surface area contributed by atoms with Crippen LogP contribution in [0.25, 0.3) is 0 Å². The summed E-state index contributed by atoms with van der Waals surface area (Å²) in [6.45, 7) is 0. The summed E-state index contributed by atoms with van der Waals surface area (Å²) in [6, 6.07) is 10.1. The molecule has 0 aliphatic heterocycles. The summed E-state index contributed by atoms with van der Waals surface area (Å²) < 4.78 is 20.4. The van der Waals surface area contributed by atoms with Crippen LogP contribution in [-0.2, 0) is 0 Å². The minimum atomic E-state index is -1.76. The molecule has 0 saturated carbocycles. The van der Waals surface area contributed by atoms with Crippen LogP contribution in [0.2, 0.25) is 0 Å². The van der Waals surface area contributed by atoms with Gasteiger partial charge in [-0.25, -0.2) is 0 Å². The molecule has 0 aromatic heterocycles. The van der Waals surface area contributed by atoms with Crippen molar-refractivity contribution in [3.8, 4) is 23.0 Å². The molecular formula is C18H18O6Te. The predicted octanol–water partition coefficient (Wildman–Crippen LogP) is 2.41. The van der Waals surface area contributed by atoms with Gasteiger partial charge in [-0.15, -0.1) is 0 Å². The number of carbonyl (C=O) groups excluding carboxylic acids is 2. The molecule has 132 valence electrons. The van der Waals surface area contributed by atoms with Crippen molar-refractivity contribution in [3.63, 3.8) is 0 Å². The Labute approximate surface area is 156 Å². The van der Waals surface area contributed by atoms with E-state index in [4.69, 9.17) is 18.9 Å². The maximum atomic E-state index is 12.8. The molecule has 2 aromatic rings. The second-order valence-electron chi connectivity index (χ2n) is 4.75. The van der Waals surface area contributed by atoms with E-state index in [2.05, 4.69) is 0 Å². The monoisotopic (exact) mass is 460 g/mol. The molecule has 0 atom stereocenters. The van der Waals surface area contributed by atoms with Crippen LogP contribution in [0.1, 0.15) is 20.7 Å². The second kappa shape index (κ2) is 8.75. The number of ether oxygens (including phenoxy) is 4. The molecule has 0 N–H and O–H groups in total. The predicted molar refractivity (Wildman–Crippen MR) is 93.5 cm³/mol. The number of hydrogen-bond donors (Lipinski definition) is 0. The number of carbonyl (C=O) groups is 2. The third-order valence-electron chi connectivity index (χ3n) is 3.45. The first-order valence-electron chi connectivity index (χ1n) is 7.25. The van der Waals surface area contributed by atoms with Gasteiger partial charge in [-0.3, -0.25) is 0 Å². The van der Waals surface area contributed by atoms with Gasteiger partial charge in [0.15, 0.2) is 0 Å². The van der Waals surface area contributed by atoms with Crippen LogP contribution in [0.4, 0.5) is 0 Å². The minimum absolute atomic E-state index is 0.280. The van der Waals surface area contributed by atoms with Crippen molar-refractivity contribution in [2.75, 3.05) is 28.4 Å². The Kier molecular flexibility index (Phi) is 6.68. The van der Waals surface area contributed by atoms with Crippen molar-refractivity contribution in [2.45, 2.75) is 0 Å². The van der Waals surface area contributed by atoms with Gasteiger partial charge in [0.25, 0.3) is 0 Å². The molecule has 2 aromatic carbocycles. The molecule has 0 radical (unpaired) electrons. The molecule has 6 nitrogen and oxygen atoms in total. The van der Waals surface area contributed by atoms with Gasteiger partial charge in [-0.05, 0) is 0 Å². The van der Waals surface area contributed by atoms with Crippen molar-refractivity contribution < 1.29 is 28.5 Å². The Morgan fingerprint density at radius 3 is 1.16 bits per heavy atom. The topological polar surface area (TPSA) is 71.1 Å². The Hall–Kier alpha value is -2.23. The second-order valence-corrected chi connectivity index (χ2v) is 7.45. The van der Waals surface area contributed by atoms with E-state index in [0.717, 1.165) is 0 Å². The maximum absolute atomic E-state index is 12.8. The summed E-state index contributed by atoms with van der Waals surface area (Å²) in [6.07, 6.45) is 0. The molecule has 2 rings (SSSR count). The van der Waals surface area contributed by atoms with E-state index in [9.17, 15) is 9.59 Å². The van der Waals surface area contributed by atoms with Crippen molar-refractivity contribution in [1.29, 1.82) is 0 Å². The van der Waals surface area contributed by atoms with E-state index < -0.39 is 20.9 Å². The molecule has 25 heavy (non-hydrogen) atoms. The average Bonchev–Trinajstić information content (AvgIpc) is 2.65. The molecule has 7 heteroatoms. The third kappa shape index (κ3) is 4.06. The fourth-order valence-electron chi connectivity index (χ4n) is 2.29. The molecule has 0 amide bonds. The average molecular weight is 458 g/mol. The Balaban J connectivity index is 2.39. The van der Waals surface area contributed by atoms with E-state index in [1.165, 1.54) is 28.4 Å². The van der Waals surface area contributed by atoms with Crippen molar-refractivity contribution in [3.05, 3.63) is 47.5 Å². The van der Waals surface area contributed by atoms with Gasteiger partial charge >= 0.3 is 156 Å². The van der Waals surface area contributed by atoms with E-state index in [1.54, 1.807) is 36.4 Å². The molecule has 0 aliphatic carbocycles. The zero-order valence-electron chi connectivity index (χ0n) is 14.3. The number of hydrogen-bond acceptors (Lipinski definition) is 6. The van der Waals surface area contributed by atoms with Crippen molar-refractivity contribution in [2.24, 2.45) is 0 Å². The number of benzene rings is 2. The Morgan fingerprint density at radius 1 is 0.640 bits per heavy atom.